The van der Waals surface area contributed by atoms with Crippen LogP contribution in [0.3, 0.4) is 0 Å². The number of halogens is 1. The minimum atomic E-state index is -0.168. The molecule has 0 unspecified atom stereocenters. The third-order valence-corrected chi connectivity index (χ3v) is 6.23. The molecule has 0 saturated heterocycles. The maximum Gasteiger partial charge on any atom is 0.280 e. The van der Waals surface area contributed by atoms with Crippen molar-refractivity contribution in [1.29, 1.82) is 5.26 Å². The highest BCUT2D eigenvalue weighted by molar-refractivity contribution is 9.10. The SMILES string of the molecule is CCCC1=NN(c2ccccc2)C(=O)/C1=C\c1cc(OC)c(OCc2ccccc2C#N)cc1Br. The molecule has 0 radical (unpaired) electrons. The van der Waals surface area contributed by atoms with Gasteiger partial charge in [0, 0.05) is 10.0 Å². The summed E-state index contributed by atoms with van der Waals surface area (Å²) in [7, 11) is 1.57. The molecule has 7 heteroatoms. The van der Waals surface area contributed by atoms with Crippen molar-refractivity contribution in [3.05, 3.63) is 93.5 Å². The zero-order chi connectivity index (χ0) is 24.8. The van der Waals surface area contributed by atoms with Gasteiger partial charge in [0.15, 0.2) is 11.5 Å². The van der Waals surface area contributed by atoms with Crippen LogP contribution in [0, 0.1) is 11.3 Å². The first kappa shape index (κ1) is 24.2. The van der Waals surface area contributed by atoms with Gasteiger partial charge >= 0.3 is 0 Å². The van der Waals surface area contributed by atoms with E-state index in [1.54, 1.807) is 13.2 Å². The minimum Gasteiger partial charge on any atom is -0.493 e. The molecular weight excluding hydrogens is 506 g/mol. The average molecular weight is 530 g/mol. The van der Waals surface area contributed by atoms with Crippen LogP contribution in [-0.2, 0) is 11.4 Å². The Bertz CT molecular complexity index is 1340. The van der Waals surface area contributed by atoms with Crippen molar-refractivity contribution < 1.29 is 14.3 Å². The third-order valence-electron chi connectivity index (χ3n) is 5.55. The fourth-order valence-corrected chi connectivity index (χ4v) is 4.21. The van der Waals surface area contributed by atoms with E-state index in [1.807, 2.05) is 66.7 Å². The van der Waals surface area contributed by atoms with Crippen LogP contribution in [0.5, 0.6) is 11.5 Å². The Morgan fingerprint density at radius 2 is 1.83 bits per heavy atom. The Kier molecular flexibility index (Phi) is 7.64. The first-order valence-electron chi connectivity index (χ1n) is 11.2. The molecule has 1 aliphatic heterocycles. The Hall–Kier alpha value is -3.89. The van der Waals surface area contributed by atoms with Gasteiger partial charge in [-0.15, -0.1) is 0 Å². The zero-order valence-corrected chi connectivity index (χ0v) is 21.1. The number of hydrogen-bond donors (Lipinski definition) is 0. The predicted octanol–water partition coefficient (Wildman–Crippen LogP) is 6.49. The summed E-state index contributed by atoms with van der Waals surface area (Å²) in [5.41, 5.74) is 4.16. The van der Waals surface area contributed by atoms with Crippen molar-refractivity contribution in [2.45, 2.75) is 26.4 Å². The molecule has 3 aromatic carbocycles. The number of para-hydroxylation sites is 1. The number of hydrogen-bond acceptors (Lipinski definition) is 5. The number of rotatable bonds is 8. The highest BCUT2D eigenvalue weighted by Crippen LogP contribution is 2.36. The maximum atomic E-state index is 13.3. The van der Waals surface area contributed by atoms with Gasteiger partial charge in [-0.2, -0.15) is 15.4 Å². The summed E-state index contributed by atoms with van der Waals surface area (Å²) in [5.74, 6) is 0.883. The van der Waals surface area contributed by atoms with Gasteiger partial charge in [0.1, 0.15) is 6.61 Å². The molecule has 1 heterocycles. The summed E-state index contributed by atoms with van der Waals surface area (Å²) >= 11 is 3.61. The standard InChI is InChI=1S/C28H24BrN3O3/c1-3-9-25-23(28(33)32(31-25)22-12-5-4-6-13-22)14-21-15-26(34-2)27(16-24(21)29)35-18-20-11-8-7-10-19(20)17-30/h4-8,10-16H,3,9,18H2,1-2H3/b23-14-. The maximum absolute atomic E-state index is 13.3. The number of amides is 1. The topological polar surface area (TPSA) is 74.9 Å². The van der Waals surface area contributed by atoms with Crippen LogP contribution in [0.1, 0.15) is 36.5 Å². The summed E-state index contributed by atoms with van der Waals surface area (Å²) in [4.78, 5) is 13.3. The van der Waals surface area contributed by atoms with Crippen LogP contribution >= 0.6 is 15.9 Å². The molecule has 0 aliphatic carbocycles. The van der Waals surface area contributed by atoms with E-state index >= 15 is 0 Å². The van der Waals surface area contributed by atoms with Gasteiger partial charge in [-0.1, -0.05) is 65.7 Å². The highest BCUT2D eigenvalue weighted by atomic mass is 79.9. The molecule has 1 aliphatic rings. The van der Waals surface area contributed by atoms with E-state index < -0.39 is 0 Å². The number of nitriles is 1. The fourth-order valence-electron chi connectivity index (χ4n) is 3.77. The predicted molar refractivity (Wildman–Crippen MR) is 140 cm³/mol. The van der Waals surface area contributed by atoms with Gasteiger partial charge in [-0.05, 0) is 48.4 Å². The normalized spacial score (nSPS) is 14.1. The van der Waals surface area contributed by atoms with E-state index in [0.717, 1.165) is 33.4 Å². The first-order valence-corrected chi connectivity index (χ1v) is 12.0. The number of benzene rings is 3. The first-order chi connectivity index (χ1) is 17.0. The average Bonchev–Trinajstić information content (AvgIpc) is 3.19. The second-order valence-corrected chi connectivity index (χ2v) is 8.74. The molecule has 0 N–H and O–H groups in total. The van der Waals surface area contributed by atoms with E-state index in [1.165, 1.54) is 5.01 Å². The second kappa shape index (κ2) is 11.0. The number of carbonyl (C=O) groups is 1. The summed E-state index contributed by atoms with van der Waals surface area (Å²) < 4.78 is 12.3. The molecule has 4 rings (SSSR count). The number of methoxy groups -OCH3 is 1. The largest absolute Gasteiger partial charge is 0.493 e. The molecule has 0 saturated carbocycles. The molecule has 0 fully saturated rings. The molecule has 6 nitrogen and oxygen atoms in total. The number of anilines is 1. The summed E-state index contributed by atoms with van der Waals surface area (Å²) in [6.07, 6.45) is 3.39. The van der Waals surface area contributed by atoms with Crippen molar-refractivity contribution in [2.24, 2.45) is 5.10 Å². The third kappa shape index (κ3) is 5.28. The lowest BCUT2D eigenvalue weighted by molar-refractivity contribution is -0.114. The molecule has 35 heavy (non-hydrogen) atoms. The van der Waals surface area contributed by atoms with Crippen molar-refractivity contribution in [3.8, 4) is 17.6 Å². The zero-order valence-electron chi connectivity index (χ0n) is 19.5. The van der Waals surface area contributed by atoms with Gasteiger partial charge in [0.2, 0.25) is 0 Å². The lowest BCUT2D eigenvalue weighted by atomic mass is 10.0. The van der Waals surface area contributed by atoms with E-state index in [-0.39, 0.29) is 12.5 Å². The van der Waals surface area contributed by atoms with Crippen LogP contribution in [0.2, 0.25) is 0 Å². The van der Waals surface area contributed by atoms with Gasteiger partial charge in [-0.25, -0.2) is 0 Å². The van der Waals surface area contributed by atoms with Crippen molar-refractivity contribution in [3.63, 3.8) is 0 Å². The van der Waals surface area contributed by atoms with E-state index in [2.05, 4.69) is 34.0 Å². The van der Waals surface area contributed by atoms with E-state index in [0.29, 0.717) is 29.1 Å². The van der Waals surface area contributed by atoms with Crippen LogP contribution < -0.4 is 14.5 Å². The van der Waals surface area contributed by atoms with Gasteiger partial charge in [0.05, 0.1) is 35.7 Å². The molecule has 1 amide bonds. The Labute approximate surface area is 213 Å². The van der Waals surface area contributed by atoms with Gasteiger partial charge < -0.3 is 9.47 Å². The summed E-state index contributed by atoms with van der Waals surface area (Å²) in [6.45, 7) is 2.29. The molecule has 0 aromatic heterocycles. The monoisotopic (exact) mass is 529 g/mol. The number of ether oxygens (including phenoxy) is 2. The summed E-state index contributed by atoms with van der Waals surface area (Å²) in [5, 5.41) is 15.4. The number of nitrogens with zero attached hydrogens (tertiary/aromatic N) is 3. The fraction of sp³-hybridized carbons (Fsp3) is 0.179. The molecule has 0 atom stereocenters. The molecule has 3 aromatic rings. The number of hydrazone groups is 1. The Morgan fingerprint density at radius 1 is 1.09 bits per heavy atom. The lowest BCUT2D eigenvalue weighted by Gasteiger charge is -2.14. The minimum absolute atomic E-state index is 0.168. The molecule has 0 bridgehead atoms. The highest BCUT2D eigenvalue weighted by Gasteiger charge is 2.30. The lowest BCUT2D eigenvalue weighted by Crippen LogP contribution is -2.21. The van der Waals surface area contributed by atoms with E-state index in [4.69, 9.17) is 9.47 Å². The Balaban J connectivity index is 1.64. The Morgan fingerprint density at radius 3 is 2.54 bits per heavy atom. The summed E-state index contributed by atoms with van der Waals surface area (Å²) in [6, 6.07) is 22.5. The van der Waals surface area contributed by atoms with Gasteiger partial charge in [-0.3, -0.25) is 4.79 Å². The van der Waals surface area contributed by atoms with Crippen molar-refractivity contribution in [2.75, 3.05) is 12.1 Å². The van der Waals surface area contributed by atoms with Crippen molar-refractivity contribution in [1.82, 2.24) is 0 Å². The van der Waals surface area contributed by atoms with Crippen LogP contribution in [0.25, 0.3) is 6.08 Å². The van der Waals surface area contributed by atoms with Crippen molar-refractivity contribution >= 4 is 39.3 Å². The molecule has 176 valence electrons. The van der Waals surface area contributed by atoms with Crippen LogP contribution in [0.4, 0.5) is 5.69 Å². The molecule has 0 spiro atoms. The van der Waals surface area contributed by atoms with Crippen LogP contribution in [0.15, 0.2) is 81.9 Å². The second-order valence-electron chi connectivity index (χ2n) is 7.89. The van der Waals surface area contributed by atoms with Crippen LogP contribution in [-0.4, -0.2) is 18.7 Å². The quantitative estimate of drug-likeness (QED) is 0.312. The van der Waals surface area contributed by atoms with E-state index in [9.17, 15) is 10.1 Å². The number of carbonyl (C=O) groups excluding carboxylic acids is 1. The molecular formula is C28H24BrN3O3. The van der Waals surface area contributed by atoms with Gasteiger partial charge in [0.25, 0.3) is 5.91 Å². The smallest absolute Gasteiger partial charge is 0.280 e.